The van der Waals surface area contributed by atoms with Crippen molar-refractivity contribution in [2.24, 2.45) is 0 Å². The molecule has 28 heavy (non-hydrogen) atoms. The third kappa shape index (κ3) is 3.97. The summed E-state index contributed by atoms with van der Waals surface area (Å²) in [6, 6.07) is 7.31. The van der Waals surface area contributed by atoms with Crippen LogP contribution in [-0.4, -0.2) is 43.3 Å². The van der Waals surface area contributed by atoms with Crippen LogP contribution in [0, 0.1) is 0 Å². The van der Waals surface area contributed by atoms with Crippen LogP contribution in [0.5, 0.6) is 5.75 Å². The summed E-state index contributed by atoms with van der Waals surface area (Å²) >= 11 is 0. The van der Waals surface area contributed by atoms with Gasteiger partial charge in [0.2, 0.25) is 0 Å². The normalized spacial score (nSPS) is 14.4. The van der Waals surface area contributed by atoms with Gasteiger partial charge in [0.1, 0.15) is 11.4 Å². The highest BCUT2D eigenvalue weighted by Gasteiger charge is 2.37. The number of hydroxylamine groups is 2. The molecule has 1 heterocycles. The van der Waals surface area contributed by atoms with Crippen LogP contribution >= 0.6 is 0 Å². The zero-order valence-corrected chi connectivity index (χ0v) is 16.3. The second kappa shape index (κ2) is 6.57. The molecular formula is C18H17NO8S. The smallest absolute Gasteiger partial charge is 0.428 e. The Balaban J connectivity index is 2.08. The van der Waals surface area contributed by atoms with Gasteiger partial charge in [-0.15, -0.1) is 9.35 Å². The summed E-state index contributed by atoms with van der Waals surface area (Å²) in [6.45, 7) is 5.00. The van der Waals surface area contributed by atoms with E-state index in [1.807, 2.05) is 0 Å². The molecule has 3 rings (SSSR count). The van der Waals surface area contributed by atoms with Gasteiger partial charge >= 0.3 is 6.16 Å². The molecule has 0 saturated heterocycles. The number of benzene rings is 2. The van der Waals surface area contributed by atoms with E-state index in [-0.39, 0.29) is 21.9 Å². The SMILES string of the molecule is CC(C)(C)OC(=O)Oc1cc2c3c(cccc3c1)C(=O)N(OS(C)(=O)=O)C2=O. The number of amides is 2. The van der Waals surface area contributed by atoms with E-state index in [0.717, 1.165) is 0 Å². The van der Waals surface area contributed by atoms with Crippen molar-refractivity contribution in [1.82, 2.24) is 5.06 Å². The summed E-state index contributed by atoms with van der Waals surface area (Å²) < 4.78 is 37.6. The largest absolute Gasteiger partial charge is 0.514 e. The fraction of sp³-hybridized carbons (Fsp3) is 0.278. The lowest BCUT2D eigenvalue weighted by atomic mass is 9.95. The Labute approximate surface area is 160 Å². The first-order valence-corrected chi connectivity index (χ1v) is 9.93. The van der Waals surface area contributed by atoms with Crippen molar-refractivity contribution in [3.05, 3.63) is 41.5 Å². The Morgan fingerprint density at radius 2 is 1.68 bits per heavy atom. The Bertz CT molecular complexity index is 1110. The second-order valence-corrected chi connectivity index (χ2v) is 8.68. The summed E-state index contributed by atoms with van der Waals surface area (Å²) in [5.74, 6) is -1.90. The van der Waals surface area contributed by atoms with Gasteiger partial charge < -0.3 is 9.47 Å². The predicted molar refractivity (Wildman–Crippen MR) is 97.2 cm³/mol. The molecule has 0 N–H and O–H groups in total. The van der Waals surface area contributed by atoms with Crippen LogP contribution in [0.4, 0.5) is 4.79 Å². The number of carbonyl (C=O) groups is 3. The minimum atomic E-state index is -4.13. The minimum absolute atomic E-state index is 0.00379. The highest BCUT2D eigenvalue weighted by atomic mass is 32.2. The van der Waals surface area contributed by atoms with E-state index >= 15 is 0 Å². The number of hydrogen-bond acceptors (Lipinski definition) is 8. The Kier molecular flexibility index (Phi) is 4.64. The van der Waals surface area contributed by atoms with E-state index < -0.39 is 33.7 Å². The Morgan fingerprint density at radius 3 is 2.29 bits per heavy atom. The van der Waals surface area contributed by atoms with Crippen LogP contribution in [-0.2, 0) is 19.1 Å². The summed E-state index contributed by atoms with van der Waals surface area (Å²) in [5, 5.41) is 0.931. The molecule has 0 fully saturated rings. The minimum Gasteiger partial charge on any atom is -0.428 e. The molecule has 9 nitrogen and oxygen atoms in total. The summed E-state index contributed by atoms with van der Waals surface area (Å²) in [4.78, 5) is 37.2. The van der Waals surface area contributed by atoms with Gasteiger partial charge in [-0.3, -0.25) is 9.59 Å². The first kappa shape index (κ1) is 19.8. The summed E-state index contributed by atoms with van der Waals surface area (Å²) in [7, 11) is -4.13. The first-order chi connectivity index (χ1) is 12.9. The molecule has 1 aliphatic heterocycles. The molecule has 0 aliphatic carbocycles. The third-order valence-corrected chi connectivity index (χ3v) is 4.00. The molecule has 0 atom stereocenters. The predicted octanol–water partition coefficient (Wildman–Crippen LogP) is 2.64. The average Bonchev–Trinajstić information content (AvgIpc) is 2.53. The van der Waals surface area contributed by atoms with Crippen LogP contribution in [0.1, 0.15) is 41.5 Å². The lowest BCUT2D eigenvalue weighted by Gasteiger charge is -2.25. The molecule has 0 saturated carbocycles. The maximum atomic E-state index is 12.7. The third-order valence-electron chi connectivity index (χ3n) is 3.58. The van der Waals surface area contributed by atoms with Gasteiger partial charge in [-0.25, -0.2) is 4.79 Å². The molecule has 0 aromatic heterocycles. The van der Waals surface area contributed by atoms with Crippen LogP contribution in [0.3, 0.4) is 0 Å². The molecule has 10 heteroatoms. The van der Waals surface area contributed by atoms with Crippen molar-refractivity contribution in [3.63, 3.8) is 0 Å². The number of imide groups is 1. The van der Waals surface area contributed by atoms with Crippen LogP contribution in [0.2, 0.25) is 0 Å². The van der Waals surface area contributed by atoms with E-state index in [1.54, 1.807) is 32.9 Å². The van der Waals surface area contributed by atoms with Gasteiger partial charge in [-0.2, -0.15) is 8.42 Å². The molecule has 148 valence electrons. The number of carbonyl (C=O) groups excluding carboxylic acids is 3. The summed E-state index contributed by atoms with van der Waals surface area (Å²) in [6.07, 6.45) is -0.259. The van der Waals surface area contributed by atoms with Crippen molar-refractivity contribution in [2.45, 2.75) is 26.4 Å². The van der Waals surface area contributed by atoms with Crippen molar-refractivity contribution < 1.29 is 36.6 Å². The van der Waals surface area contributed by atoms with E-state index in [2.05, 4.69) is 4.28 Å². The van der Waals surface area contributed by atoms with Gasteiger partial charge in [0, 0.05) is 5.39 Å². The van der Waals surface area contributed by atoms with E-state index in [0.29, 0.717) is 17.0 Å². The van der Waals surface area contributed by atoms with Crippen LogP contribution in [0.25, 0.3) is 10.8 Å². The first-order valence-electron chi connectivity index (χ1n) is 8.12. The average molecular weight is 407 g/mol. The Hall–Kier alpha value is -2.98. The monoisotopic (exact) mass is 407 g/mol. The van der Waals surface area contributed by atoms with Gasteiger partial charge in [-0.1, -0.05) is 12.1 Å². The number of rotatable bonds is 3. The second-order valence-electron chi connectivity index (χ2n) is 7.12. The molecular weight excluding hydrogens is 390 g/mol. The lowest BCUT2D eigenvalue weighted by molar-refractivity contribution is -0.0150. The zero-order chi connectivity index (χ0) is 20.9. The van der Waals surface area contributed by atoms with Crippen molar-refractivity contribution >= 4 is 38.9 Å². The molecule has 0 spiro atoms. The fourth-order valence-corrected chi connectivity index (χ4v) is 3.09. The van der Waals surface area contributed by atoms with E-state index in [4.69, 9.17) is 9.47 Å². The lowest BCUT2D eigenvalue weighted by Crippen LogP contribution is -2.41. The quantitative estimate of drug-likeness (QED) is 0.433. The highest BCUT2D eigenvalue weighted by molar-refractivity contribution is 7.85. The topological polar surface area (TPSA) is 116 Å². The standard InChI is InChI=1S/C18H17NO8S/c1-18(2,3)26-17(22)25-11-8-10-6-5-7-12-14(10)13(9-11)16(21)19(15(12)20)27-28(4,23)24/h5-9H,1-4H3. The molecule has 1 aliphatic rings. The van der Waals surface area contributed by atoms with Crippen molar-refractivity contribution in [3.8, 4) is 5.75 Å². The summed E-state index contributed by atoms with van der Waals surface area (Å²) in [5.41, 5.74) is -0.743. The molecule has 0 radical (unpaired) electrons. The van der Waals surface area contributed by atoms with Crippen LogP contribution in [0.15, 0.2) is 30.3 Å². The Morgan fingerprint density at radius 1 is 1.04 bits per heavy atom. The zero-order valence-electron chi connectivity index (χ0n) is 15.5. The maximum absolute atomic E-state index is 12.7. The van der Waals surface area contributed by atoms with Gasteiger partial charge in [0.25, 0.3) is 21.9 Å². The van der Waals surface area contributed by atoms with Gasteiger partial charge in [0.05, 0.1) is 17.4 Å². The number of hydrogen-bond donors (Lipinski definition) is 0. The van der Waals surface area contributed by atoms with Gasteiger partial charge in [-0.05, 0) is 44.4 Å². The maximum Gasteiger partial charge on any atom is 0.514 e. The van der Waals surface area contributed by atoms with Crippen molar-refractivity contribution in [1.29, 1.82) is 0 Å². The molecule has 0 unspecified atom stereocenters. The number of ether oxygens (including phenoxy) is 2. The molecule has 0 bridgehead atoms. The number of nitrogens with zero attached hydrogens (tertiary/aromatic N) is 1. The molecule has 2 aromatic carbocycles. The van der Waals surface area contributed by atoms with E-state index in [9.17, 15) is 22.8 Å². The fourth-order valence-electron chi connectivity index (χ4n) is 2.69. The van der Waals surface area contributed by atoms with Crippen LogP contribution < -0.4 is 4.74 Å². The molecule has 2 amide bonds. The van der Waals surface area contributed by atoms with Gasteiger partial charge in [0.15, 0.2) is 0 Å². The van der Waals surface area contributed by atoms with E-state index in [1.165, 1.54) is 18.2 Å². The molecule has 2 aromatic rings. The highest BCUT2D eigenvalue weighted by Crippen LogP contribution is 2.34. The van der Waals surface area contributed by atoms with Crippen molar-refractivity contribution in [2.75, 3.05) is 6.26 Å².